The number of phenols is 1. The largest absolute Gasteiger partial charge is 0.507 e. The van der Waals surface area contributed by atoms with Crippen molar-refractivity contribution in [2.75, 3.05) is 26.2 Å². The summed E-state index contributed by atoms with van der Waals surface area (Å²) in [5, 5.41) is 10.2. The predicted molar refractivity (Wildman–Crippen MR) is 82.5 cm³/mol. The summed E-state index contributed by atoms with van der Waals surface area (Å²) in [6, 6.07) is 4.57. The summed E-state index contributed by atoms with van der Waals surface area (Å²) >= 11 is 3.51. The van der Waals surface area contributed by atoms with Gasteiger partial charge in [-0.05, 0) is 38.1 Å². The van der Waals surface area contributed by atoms with Crippen LogP contribution in [0.5, 0.6) is 5.75 Å². The second kappa shape index (κ2) is 6.25. The number of aryl methyl sites for hydroxylation is 1. The van der Waals surface area contributed by atoms with Gasteiger partial charge < -0.3 is 5.11 Å². The highest BCUT2D eigenvalue weighted by atomic mass is 79.9. The van der Waals surface area contributed by atoms with Gasteiger partial charge in [-0.2, -0.15) is 0 Å². The van der Waals surface area contributed by atoms with Gasteiger partial charge in [0.1, 0.15) is 5.75 Å². The first-order chi connectivity index (χ1) is 9.01. The number of hydrogen-bond donors (Lipinski definition) is 1. The lowest BCUT2D eigenvalue weighted by atomic mass is 10.1. The smallest absolute Gasteiger partial charge is 0.123 e. The Hall–Kier alpha value is -0.580. The normalized spacial score (nSPS) is 21.8. The van der Waals surface area contributed by atoms with E-state index in [1.165, 1.54) is 0 Å². The first-order valence-electron chi connectivity index (χ1n) is 6.95. The number of hydrogen-bond acceptors (Lipinski definition) is 3. The van der Waals surface area contributed by atoms with Crippen LogP contribution < -0.4 is 0 Å². The van der Waals surface area contributed by atoms with Gasteiger partial charge in [-0.15, -0.1) is 0 Å². The van der Waals surface area contributed by atoms with Crippen LogP contribution in [-0.4, -0.2) is 47.1 Å². The molecule has 0 spiro atoms. The molecule has 0 aliphatic carbocycles. The Morgan fingerprint density at radius 1 is 1.37 bits per heavy atom. The minimum Gasteiger partial charge on any atom is -0.507 e. The van der Waals surface area contributed by atoms with Crippen molar-refractivity contribution in [2.45, 2.75) is 33.4 Å². The Labute approximate surface area is 124 Å². The summed E-state index contributed by atoms with van der Waals surface area (Å²) in [5.74, 6) is 0.439. The quantitative estimate of drug-likeness (QED) is 0.925. The fourth-order valence-electron chi connectivity index (χ4n) is 2.85. The molecule has 1 aliphatic heterocycles. The summed E-state index contributed by atoms with van der Waals surface area (Å²) in [5.41, 5.74) is 1.95. The maximum Gasteiger partial charge on any atom is 0.123 e. The van der Waals surface area contributed by atoms with Gasteiger partial charge in [0.05, 0.1) is 0 Å². The van der Waals surface area contributed by atoms with E-state index in [1.807, 2.05) is 19.1 Å². The maximum atomic E-state index is 10.2. The zero-order valence-electron chi connectivity index (χ0n) is 12.0. The van der Waals surface area contributed by atoms with Crippen LogP contribution in [0.15, 0.2) is 16.6 Å². The molecule has 1 heterocycles. The van der Waals surface area contributed by atoms with Crippen LogP contribution in [0, 0.1) is 6.92 Å². The summed E-state index contributed by atoms with van der Waals surface area (Å²) in [6.45, 7) is 11.6. The molecule has 1 atom stereocenters. The standard InChI is InChI=1S/C15H23BrN2O/c1-4-18-6-5-17(9-12(18)3)10-13-8-14(16)7-11(2)15(13)19/h7-8,12,19H,4-6,9-10H2,1-3H3. The van der Waals surface area contributed by atoms with E-state index in [4.69, 9.17) is 0 Å². The van der Waals surface area contributed by atoms with E-state index in [9.17, 15) is 5.11 Å². The van der Waals surface area contributed by atoms with E-state index in [2.05, 4.69) is 39.6 Å². The third-order valence-electron chi connectivity index (χ3n) is 3.99. The molecule has 0 bridgehead atoms. The van der Waals surface area contributed by atoms with Crippen LogP contribution in [0.3, 0.4) is 0 Å². The van der Waals surface area contributed by atoms with Crippen molar-refractivity contribution in [1.29, 1.82) is 0 Å². The molecule has 19 heavy (non-hydrogen) atoms. The third-order valence-corrected chi connectivity index (χ3v) is 4.45. The first kappa shape index (κ1) is 14.8. The molecule has 0 radical (unpaired) electrons. The number of aromatic hydroxyl groups is 1. The minimum absolute atomic E-state index is 0.439. The lowest BCUT2D eigenvalue weighted by Gasteiger charge is -2.39. The molecule has 1 saturated heterocycles. The monoisotopic (exact) mass is 326 g/mol. The summed E-state index contributed by atoms with van der Waals surface area (Å²) in [6.07, 6.45) is 0. The molecule has 0 aromatic heterocycles. The third kappa shape index (κ3) is 3.50. The maximum absolute atomic E-state index is 10.2. The van der Waals surface area contributed by atoms with Gasteiger partial charge in [-0.25, -0.2) is 0 Å². The Morgan fingerprint density at radius 3 is 2.74 bits per heavy atom. The first-order valence-corrected chi connectivity index (χ1v) is 7.75. The van der Waals surface area contributed by atoms with Crippen LogP contribution in [0.25, 0.3) is 0 Å². The molecule has 1 aliphatic rings. The average molecular weight is 327 g/mol. The molecule has 1 aromatic carbocycles. The SMILES string of the molecule is CCN1CCN(Cc2cc(Br)cc(C)c2O)CC1C. The number of piperazine rings is 1. The molecule has 0 amide bonds. The van der Waals surface area contributed by atoms with Crippen LogP contribution in [0.1, 0.15) is 25.0 Å². The van der Waals surface area contributed by atoms with Crippen LogP contribution in [0.4, 0.5) is 0 Å². The van der Waals surface area contributed by atoms with Gasteiger partial charge >= 0.3 is 0 Å². The Kier molecular flexibility index (Phi) is 4.87. The van der Waals surface area contributed by atoms with E-state index in [0.29, 0.717) is 11.8 Å². The van der Waals surface area contributed by atoms with Crippen molar-refractivity contribution in [3.05, 3.63) is 27.7 Å². The Morgan fingerprint density at radius 2 is 2.11 bits per heavy atom. The van der Waals surface area contributed by atoms with E-state index in [0.717, 1.165) is 48.3 Å². The second-order valence-electron chi connectivity index (χ2n) is 5.44. The second-order valence-corrected chi connectivity index (χ2v) is 6.36. The summed E-state index contributed by atoms with van der Waals surface area (Å²) in [7, 11) is 0. The van der Waals surface area contributed by atoms with Crippen molar-refractivity contribution in [3.63, 3.8) is 0 Å². The van der Waals surface area contributed by atoms with Crippen molar-refractivity contribution in [1.82, 2.24) is 9.80 Å². The number of phenolic OH excluding ortho intramolecular Hbond substituents is 1. The van der Waals surface area contributed by atoms with Gasteiger partial charge in [0, 0.05) is 42.3 Å². The highest BCUT2D eigenvalue weighted by molar-refractivity contribution is 9.10. The predicted octanol–water partition coefficient (Wildman–Crippen LogP) is 2.99. The zero-order chi connectivity index (χ0) is 14.0. The molecule has 2 rings (SSSR count). The summed E-state index contributed by atoms with van der Waals surface area (Å²) in [4.78, 5) is 4.93. The molecule has 1 aromatic rings. The average Bonchev–Trinajstić information content (AvgIpc) is 2.35. The molecular formula is C15H23BrN2O. The van der Waals surface area contributed by atoms with Crippen LogP contribution in [-0.2, 0) is 6.54 Å². The summed E-state index contributed by atoms with van der Waals surface area (Å²) < 4.78 is 1.04. The molecule has 0 saturated carbocycles. The number of likely N-dealkylation sites (N-methyl/N-ethyl adjacent to an activating group) is 1. The van der Waals surface area contributed by atoms with Crippen molar-refractivity contribution in [2.24, 2.45) is 0 Å². The highest BCUT2D eigenvalue weighted by Gasteiger charge is 2.23. The molecule has 1 N–H and O–H groups in total. The van der Waals surface area contributed by atoms with E-state index < -0.39 is 0 Å². The van der Waals surface area contributed by atoms with Gasteiger partial charge in [0.2, 0.25) is 0 Å². The fourth-order valence-corrected chi connectivity index (χ4v) is 3.47. The zero-order valence-corrected chi connectivity index (χ0v) is 13.6. The number of nitrogens with zero attached hydrogens (tertiary/aromatic N) is 2. The number of halogens is 1. The number of rotatable bonds is 3. The van der Waals surface area contributed by atoms with Crippen LogP contribution >= 0.6 is 15.9 Å². The lowest BCUT2D eigenvalue weighted by molar-refractivity contribution is 0.0829. The Balaban J connectivity index is 2.06. The number of benzene rings is 1. The molecule has 106 valence electrons. The van der Waals surface area contributed by atoms with Gasteiger partial charge in [0.15, 0.2) is 0 Å². The molecular weight excluding hydrogens is 304 g/mol. The van der Waals surface area contributed by atoms with Crippen molar-refractivity contribution in [3.8, 4) is 5.75 Å². The topological polar surface area (TPSA) is 26.7 Å². The highest BCUT2D eigenvalue weighted by Crippen LogP contribution is 2.28. The van der Waals surface area contributed by atoms with E-state index >= 15 is 0 Å². The molecule has 1 fully saturated rings. The fraction of sp³-hybridized carbons (Fsp3) is 0.600. The minimum atomic E-state index is 0.439. The van der Waals surface area contributed by atoms with Crippen molar-refractivity contribution < 1.29 is 5.11 Å². The molecule has 1 unspecified atom stereocenters. The van der Waals surface area contributed by atoms with Gasteiger partial charge in [0.25, 0.3) is 0 Å². The van der Waals surface area contributed by atoms with Gasteiger partial charge in [-0.3, -0.25) is 9.80 Å². The van der Waals surface area contributed by atoms with E-state index in [1.54, 1.807) is 0 Å². The molecule has 3 nitrogen and oxygen atoms in total. The lowest BCUT2D eigenvalue weighted by Crippen LogP contribution is -2.51. The van der Waals surface area contributed by atoms with E-state index in [-0.39, 0.29) is 0 Å². The van der Waals surface area contributed by atoms with Gasteiger partial charge in [-0.1, -0.05) is 22.9 Å². The van der Waals surface area contributed by atoms with Crippen molar-refractivity contribution >= 4 is 15.9 Å². The molecule has 4 heteroatoms. The Bertz CT molecular complexity index is 450. The van der Waals surface area contributed by atoms with Crippen LogP contribution in [0.2, 0.25) is 0 Å².